The molecule has 3 rings (SSSR count). The largest absolute Gasteiger partial charge is 0.352 e. The van der Waals surface area contributed by atoms with Crippen molar-refractivity contribution in [2.75, 3.05) is 6.54 Å². The summed E-state index contributed by atoms with van der Waals surface area (Å²) < 4.78 is 0. The zero-order valence-corrected chi connectivity index (χ0v) is 13.7. The molecule has 1 heterocycles. The van der Waals surface area contributed by atoms with E-state index in [1.54, 1.807) is 4.90 Å². The van der Waals surface area contributed by atoms with E-state index in [2.05, 4.69) is 10.3 Å². The smallest absolute Gasteiger partial charge is 0.275 e. The van der Waals surface area contributed by atoms with Gasteiger partial charge in [-0.3, -0.25) is 14.6 Å². The van der Waals surface area contributed by atoms with Crippen LogP contribution in [0.5, 0.6) is 0 Å². The van der Waals surface area contributed by atoms with Crippen LogP contribution in [0, 0.1) is 0 Å². The molecule has 1 aliphatic carbocycles. The third kappa shape index (κ3) is 3.28. The van der Waals surface area contributed by atoms with Crippen molar-refractivity contribution in [2.45, 2.75) is 51.2 Å². The average Bonchev–Trinajstić information content (AvgIpc) is 3.10. The van der Waals surface area contributed by atoms with E-state index in [9.17, 15) is 9.59 Å². The lowest BCUT2D eigenvalue weighted by molar-refractivity contribution is -0.134. The van der Waals surface area contributed by atoms with Gasteiger partial charge in [-0.25, -0.2) is 0 Å². The van der Waals surface area contributed by atoms with Crippen LogP contribution in [-0.2, 0) is 9.59 Å². The first-order valence-corrected chi connectivity index (χ1v) is 8.24. The minimum Gasteiger partial charge on any atom is -0.352 e. The van der Waals surface area contributed by atoms with Crippen molar-refractivity contribution in [3.05, 3.63) is 35.9 Å². The van der Waals surface area contributed by atoms with Crippen LogP contribution in [-0.4, -0.2) is 40.7 Å². The fourth-order valence-corrected chi connectivity index (χ4v) is 3.29. The van der Waals surface area contributed by atoms with E-state index < -0.39 is 5.66 Å². The van der Waals surface area contributed by atoms with E-state index in [4.69, 9.17) is 0 Å². The molecule has 1 aliphatic heterocycles. The second-order valence-corrected chi connectivity index (χ2v) is 6.76. The van der Waals surface area contributed by atoms with Gasteiger partial charge in [0.1, 0.15) is 17.9 Å². The van der Waals surface area contributed by atoms with Crippen molar-refractivity contribution in [1.29, 1.82) is 0 Å². The molecule has 23 heavy (non-hydrogen) atoms. The Labute approximate surface area is 136 Å². The third-order valence-electron chi connectivity index (χ3n) is 4.56. The van der Waals surface area contributed by atoms with Gasteiger partial charge in [-0.05, 0) is 26.7 Å². The van der Waals surface area contributed by atoms with Crippen molar-refractivity contribution < 1.29 is 9.59 Å². The molecular formula is C18H23N3O2. The number of hydrogen-bond acceptors (Lipinski definition) is 3. The van der Waals surface area contributed by atoms with E-state index in [0.717, 1.165) is 18.4 Å². The minimum absolute atomic E-state index is 0.0577. The number of aliphatic imine (C=N–C) groups is 1. The Morgan fingerprint density at radius 2 is 1.91 bits per heavy atom. The lowest BCUT2D eigenvalue weighted by atomic mass is 10.1. The number of nitrogens with one attached hydrogen (secondary N) is 1. The van der Waals surface area contributed by atoms with E-state index in [1.807, 2.05) is 44.2 Å². The van der Waals surface area contributed by atoms with E-state index in [-0.39, 0.29) is 24.4 Å². The molecule has 1 saturated carbocycles. The Bertz CT molecular complexity index is 631. The van der Waals surface area contributed by atoms with Crippen molar-refractivity contribution in [3.8, 4) is 0 Å². The van der Waals surface area contributed by atoms with Gasteiger partial charge in [-0.2, -0.15) is 0 Å². The summed E-state index contributed by atoms with van der Waals surface area (Å²) in [4.78, 5) is 31.1. The molecule has 0 saturated heterocycles. The summed E-state index contributed by atoms with van der Waals surface area (Å²) in [6.07, 6.45) is 4.41. The van der Waals surface area contributed by atoms with Gasteiger partial charge >= 0.3 is 0 Å². The molecule has 0 atom stereocenters. The van der Waals surface area contributed by atoms with Crippen LogP contribution in [0.1, 0.15) is 45.1 Å². The number of carbonyl (C=O) groups is 2. The van der Waals surface area contributed by atoms with Gasteiger partial charge in [0.05, 0.1) is 0 Å². The number of amides is 2. The number of benzene rings is 1. The second-order valence-electron chi connectivity index (χ2n) is 6.76. The topological polar surface area (TPSA) is 61.8 Å². The lowest BCUT2D eigenvalue weighted by Crippen LogP contribution is -2.49. The van der Waals surface area contributed by atoms with Gasteiger partial charge in [0, 0.05) is 11.6 Å². The maximum Gasteiger partial charge on any atom is 0.275 e. The molecule has 122 valence electrons. The van der Waals surface area contributed by atoms with Crippen LogP contribution in [0.3, 0.4) is 0 Å². The quantitative estimate of drug-likeness (QED) is 0.925. The first kappa shape index (κ1) is 15.7. The molecule has 0 bridgehead atoms. The summed E-state index contributed by atoms with van der Waals surface area (Å²) in [5, 5.41) is 3.03. The molecule has 0 spiro atoms. The van der Waals surface area contributed by atoms with E-state index >= 15 is 0 Å². The van der Waals surface area contributed by atoms with Crippen LogP contribution in [0.4, 0.5) is 0 Å². The van der Waals surface area contributed by atoms with Gasteiger partial charge in [0.15, 0.2) is 0 Å². The normalized spacial score (nSPS) is 20.7. The van der Waals surface area contributed by atoms with Gasteiger partial charge in [-0.15, -0.1) is 0 Å². The molecule has 1 N–H and O–H groups in total. The standard InChI is InChI=1S/C18H23N3O2/c1-18(2)20-16(13-8-4-3-5-9-13)17(23)21(18)12-15(22)19-14-10-6-7-11-14/h3-5,8-9,14H,6-7,10-12H2,1-2H3,(H,19,22). The maximum absolute atomic E-state index is 12.7. The average molecular weight is 313 g/mol. The predicted molar refractivity (Wildman–Crippen MR) is 89.2 cm³/mol. The summed E-state index contributed by atoms with van der Waals surface area (Å²) in [5.41, 5.74) is 0.531. The number of carbonyl (C=O) groups excluding carboxylic acids is 2. The highest BCUT2D eigenvalue weighted by Gasteiger charge is 2.41. The molecule has 1 fully saturated rings. The molecule has 1 aromatic carbocycles. The zero-order valence-electron chi connectivity index (χ0n) is 13.7. The lowest BCUT2D eigenvalue weighted by Gasteiger charge is -2.29. The van der Waals surface area contributed by atoms with E-state index in [0.29, 0.717) is 5.71 Å². The number of nitrogens with zero attached hydrogens (tertiary/aromatic N) is 2. The van der Waals surface area contributed by atoms with Crippen LogP contribution in [0.15, 0.2) is 35.3 Å². The van der Waals surface area contributed by atoms with Crippen molar-refractivity contribution in [3.63, 3.8) is 0 Å². The summed E-state index contributed by atoms with van der Waals surface area (Å²) in [7, 11) is 0. The number of rotatable bonds is 4. The highest BCUT2D eigenvalue weighted by molar-refractivity contribution is 6.46. The molecular weight excluding hydrogens is 290 g/mol. The molecule has 5 heteroatoms. The first-order chi connectivity index (χ1) is 11.0. The van der Waals surface area contributed by atoms with Crippen LogP contribution in [0.2, 0.25) is 0 Å². The summed E-state index contributed by atoms with van der Waals surface area (Å²) in [6.45, 7) is 3.79. The van der Waals surface area contributed by atoms with Gasteiger partial charge < -0.3 is 10.2 Å². The van der Waals surface area contributed by atoms with Gasteiger partial charge in [0.25, 0.3) is 5.91 Å². The Hall–Kier alpha value is -2.17. The maximum atomic E-state index is 12.7. The Morgan fingerprint density at radius 3 is 2.57 bits per heavy atom. The number of hydrogen-bond donors (Lipinski definition) is 1. The first-order valence-electron chi connectivity index (χ1n) is 8.24. The van der Waals surface area contributed by atoms with Gasteiger partial charge in [-0.1, -0.05) is 43.2 Å². The molecule has 0 unspecified atom stereocenters. The van der Waals surface area contributed by atoms with Crippen LogP contribution in [0.25, 0.3) is 0 Å². The summed E-state index contributed by atoms with van der Waals surface area (Å²) in [5.74, 6) is -0.273. The fraction of sp³-hybridized carbons (Fsp3) is 0.500. The SMILES string of the molecule is CC1(C)N=C(c2ccccc2)C(=O)N1CC(=O)NC1CCCC1. The van der Waals surface area contributed by atoms with Crippen molar-refractivity contribution in [1.82, 2.24) is 10.2 Å². The van der Waals surface area contributed by atoms with Gasteiger partial charge in [0.2, 0.25) is 5.91 Å². The molecule has 1 aromatic rings. The Morgan fingerprint density at radius 1 is 1.26 bits per heavy atom. The minimum atomic E-state index is -0.699. The van der Waals surface area contributed by atoms with Crippen molar-refractivity contribution in [2.24, 2.45) is 4.99 Å². The summed E-state index contributed by atoms with van der Waals surface area (Å²) in [6, 6.07) is 9.67. The molecule has 2 aliphatic rings. The van der Waals surface area contributed by atoms with E-state index in [1.165, 1.54) is 12.8 Å². The molecule has 0 aromatic heterocycles. The predicted octanol–water partition coefficient (Wildman–Crippen LogP) is 2.11. The molecule has 5 nitrogen and oxygen atoms in total. The Balaban J connectivity index is 1.71. The molecule has 0 radical (unpaired) electrons. The van der Waals surface area contributed by atoms with Crippen molar-refractivity contribution >= 4 is 17.5 Å². The summed E-state index contributed by atoms with van der Waals surface area (Å²) >= 11 is 0. The van der Waals surface area contributed by atoms with Crippen LogP contribution >= 0.6 is 0 Å². The monoisotopic (exact) mass is 313 g/mol. The highest BCUT2D eigenvalue weighted by atomic mass is 16.2. The Kier molecular flexibility index (Phi) is 4.20. The zero-order chi connectivity index (χ0) is 16.4. The second kappa shape index (κ2) is 6.14. The highest BCUT2D eigenvalue weighted by Crippen LogP contribution is 2.26. The third-order valence-corrected chi connectivity index (χ3v) is 4.56. The fourth-order valence-electron chi connectivity index (χ4n) is 3.29. The van der Waals surface area contributed by atoms with Crippen LogP contribution < -0.4 is 5.32 Å². The molecule has 2 amide bonds.